The van der Waals surface area contributed by atoms with Gasteiger partial charge >= 0.3 is 0 Å². The van der Waals surface area contributed by atoms with Crippen LogP contribution in [0.25, 0.3) is 10.2 Å². The van der Waals surface area contributed by atoms with Crippen molar-refractivity contribution in [2.24, 2.45) is 7.05 Å². The highest BCUT2D eigenvalue weighted by Crippen LogP contribution is 2.29. The molecule has 0 spiro atoms. The van der Waals surface area contributed by atoms with Crippen molar-refractivity contribution in [1.82, 2.24) is 20.4 Å². The predicted molar refractivity (Wildman–Crippen MR) is 110 cm³/mol. The molecule has 4 rings (SSSR count). The first-order valence-corrected chi connectivity index (χ1v) is 10.8. The molecule has 7 nitrogen and oxygen atoms in total. The molecule has 3 heterocycles. The highest BCUT2D eigenvalue weighted by atomic mass is 32.1. The predicted octanol–water partition coefficient (Wildman–Crippen LogP) is 2.71. The molecule has 1 aliphatic rings. The van der Waals surface area contributed by atoms with Crippen LogP contribution in [0, 0.1) is 6.92 Å². The number of hydrazine groups is 1. The summed E-state index contributed by atoms with van der Waals surface area (Å²) in [6.45, 7) is 1.72. The topological polar surface area (TPSA) is 93.1 Å². The molecular formula is C19H20N4O3S2. The fourth-order valence-corrected chi connectivity index (χ4v) is 5.62. The molecular weight excluding hydrogens is 396 g/mol. The number of carbonyl (C=O) groups excluding carboxylic acids is 2. The Morgan fingerprint density at radius 1 is 1.11 bits per heavy atom. The molecule has 3 aromatic heterocycles. The van der Waals surface area contributed by atoms with Gasteiger partial charge in [-0.3, -0.25) is 25.2 Å². The van der Waals surface area contributed by atoms with Gasteiger partial charge in [0.2, 0.25) is 0 Å². The van der Waals surface area contributed by atoms with E-state index in [1.165, 1.54) is 39.1 Å². The average Bonchev–Trinajstić information content (AvgIpc) is 3.16. The second-order valence-corrected chi connectivity index (χ2v) is 9.06. The summed E-state index contributed by atoms with van der Waals surface area (Å²) in [5.74, 6) is -0.770. The molecule has 0 fully saturated rings. The molecule has 28 heavy (non-hydrogen) atoms. The number of nitrogens with zero attached hydrogens (tertiary/aromatic N) is 2. The van der Waals surface area contributed by atoms with E-state index in [0.29, 0.717) is 25.5 Å². The second kappa shape index (κ2) is 7.48. The number of carbonyl (C=O) groups is 2. The van der Waals surface area contributed by atoms with Crippen molar-refractivity contribution < 1.29 is 9.59 Å². The third-order valence-electron chi connectivity index (χ3n) is 4.98. The van der Waals surface area contributed by atoms with Crippen molar-refractivity contribution in [3.63, 3.8) is 0 Å². The van der Waals surface area contributed by atoms with E-state index in [-0.39, 0.29) is 11.5 Å². The second-order valence-electron chi connectivity index (χ2n) is 6.92. The monoisotopic (exact) mass is 416 g/mol. The highest BCUT2D eigenvalue weighted by Gasteiger charge is 2.21. The first-order valence-electron chi connectivity index (χ1n) is 9.12. The number of hydrogen-bond acceptors (Lipinski definition) is 6. The Labute approximate surface area is 169 Å². The Morgan fingerprint density at radius 3 is 2.68 bits per heavy atom. The molecule has 2 N–H and O–H groups in total. The molecule has 146 valence electrons. The fourth-order valence-electron chi connectivity index (χ4n) is 3.44. The zero-order valence-corrected chi connectivity index (χ0v) is 17.3. The van der Waals surface area contributed by atoms with Gasteiger partial charge in [-0.15, -0.1) is 22.7 Å². The van der Waals surface area contributed by atoms with Crippen LogP contribution in [0.5, 0.6) is 0 Å². The Kier molecular flexibility index (Phi) is 5.03. The lowest BCUT2D eigenvalue weighted by atomic mass is 10.1. The Morgan fingerprint density at radius 2 is 1.86 bits per heavy atom. The van der Waals surface area contributed by atoms with E-state index in [4.69, 9.17) is 0 Å². The minimum atomic E-state index is -0.450. The van der Waals surface area contributed by atoms with E-state index in [2.05, 4.69) is 15.8 Å². The molecule has 0 radical (unpaired) electrons. The summed E-state index contributed by atoms with van der Waals surface area (Å²) in [6, 6.07) is 1.94. The summed E-state index contributed by atoms with van der Waals surface area (Å²) in [5, 5.41) is 0.438. The van der Waals surface area contributed by atoms with Crippen molar-refractivity contribution >= 4 is 44.7 Å². The SMILES string of the molecule is Cc1c(C(=O)NNC(=O)c2cc3c(s2)CCCCC3)sc2ncn(C)c(=O)c12. The third-order valence-corrected chi connectivity index (χ3v) is 7.41. The molecule has 0 bridgehead atoms. The van der Waals surface area contributed by atoms with Crippen molar-refractivity contribution in [3.8, 4) is 0 Å². The number of nitrogens with one attached hydrogen (secondary N) is 2. The lowest BCUT2D eigenvalue weighted by molar-refractivity contribution is 0.0851. The maximum absolute atomic E-state index is 12.6. The summed E-state index contributed by atoms with van der Waals surface area (Å²) in [5.41, 5.74) is 6.59. The summed E-state index contributed by atoms with van der Waals surface area (Å²) < 4.78 is 1.38. The van der Waals surface area contributed by atoms with Gasteiger partial charge < -0.3 is 4.57 Å². The van der Waals surface area contributed by atoms with Gasteiger partial charge in [-0.1, -0.05) is 6.42 Å². The fraction of sp³-hybridized carbons (Fsp3) is 0.368. The number of aryl methyl sites for hydroxylation is 4. The largest absolute Gasteiger partial charge is 0.302 e. The van der Waals surface area contributed by atoms with Crippen LogP contribution in [0.3, 0.4) is 0 Å². The van der Waals surface area contributed by atoms with E-state index in [1.807, 2.05) is 6.07 Å². The minimum Gasteiger partial charge on any atom is -0.302 e. The molecule has 0 unspecified atom stereocenters. The van der Waals surface area contributed by atoms with Crippen LogP contribution >= 0.6 is 22.7 Å². The average molecular weight is 417 g/mol. The van der Waals surface area contributed by atoms with E-state index in [9.17, 15) is 14.4 Å². The van der Waals surface area contributed by atoms with Gasteiger partial charge in [-0.25, -0.2) is 4.98 Å². The third kappa shape index (κ3) is 3.35. The number of aromatic nitrogens is 2. The molecule has 9 heteroatoms. The number of fused-ring (bicyclic) bond motifs is 2. The molecule has 0 aromatic carbocycles. The Bertz CT molecular complexity index is 1120. The van der Waals surface area contributed by atoms with E-state index in [1.54, 1.807) is 14.0 Å². The normalized spacial score (nSPS) is 13.8. The van der Waals surface area contributed by atoms with Crippen LogP contribution in [0.4, 0.5) is 0 Å². The lowest BCUT2D eigenvalue weighted by Crippen LogP contribution is -2.41. The van der Waals surface area contributed by atoms with Gasteiger partial charge in [0, 0.05) is 11.9 Å². The summed E-state index contributed by atoms with van der Waals surface area (Å²) in [4.78, 5) is 44.3. The van der Waals surface area contributed by atoms with Crippen molar-refractivity contribution in [1.29, 1.82) is 0 Å². The van der Waals surface area contributed by atoms with Gasteiger partial charge in [-0.2, -0.15) is 0 Å². The number of hydrogen-bond donors (Lipinski definition) is 2. The molecule has 2 amide bonds. The minimum absolute atomic E-state index is 0.193. The maximum atomic E-state index is 12.6. The Hall–Kier alpha value is -2.52. The van der Waals surface area contributed by atoms with Gasteiger partial charge in [0.25, 0.3) is 17.4 Å². The highest BCUT2D eigenvalue weighted by molar-refractivity contribution is 7.20. The maximum Gasteiger partial charge on any atom is 0.280 e. The molecule has 1 aliphatic carbocycles. The summed E-state index contributed by atoms with van der Waals surface area (Å²) >= 11 is 2.64. The number of rotatable bonds is 2. The first kappa shape index (κ1) is 18.8. The van der Waals surface area contributed by atoms with Crippen LogP contribution < -0.4 is 16.4 Å². The van der Waals surface area contributed by atoms with Crippen LogP contribution in [-0.2, 0) is 19.9 Å². The smallest absolute Gasteiger partial charge is 0.280 e. The molecule has 0 atom stereocenters. The van der Waals surface area contributed by atoms with Crippen LogP contribution in [0.15, 0.2) is 17.2 Å². The van der Waals surface area contributed by atoms with E-state index < -0.39 is 5.91 Å². The molecule has 0 saturated carbocycles. The number of amides is 2. The zero-order chi connectivity index (χ0) is 19.8. The van der Waals surface area contributed by atoms with Gasteiger partial charge in [0.15, 0.2) is 0 Å². The van der Waals surface area contributed by atoms with Crippen LogP contribution in [0.1, 0.15) is 54.6 Å². The first-order chi connectivity index (χ1) is 13.5. The Balaban J connectivity index is 1.49. The lowest BCUT2D eigenvalue weighted by Gasteiger charge is -2.05. The summed E-state index contributed by atoms with van der Waals surface area (Å²) in [6.07, 6.45) is 7.00. The van der Waals surface area contributed by atoms with Crippen molar-refractivity contribution in [2.45, 2.75) is 39.0 Å². The van der Waals surface area contributed by atoms with Crippen LogP contribution in [0.2, 0.25) is 0 Å². The quantitative estimate of drug-likeness (QED) is 0.496. The van der Waals surface area contributed by atoms with E-state index in [0.717, 1.165) is 37.0 Å². The summed E-state index contributed by atoms with van der Waals surface area (Å²) in [7, 11) is 1.62. The van der Waals surface area contributed by atoms with Crippen molar-refractivity contribution in [2.75, 3.05) is 0 Å². The van der Waals surface area contributed by atoms with Gasteiger partial charge in [0.1, 0.15) is 4.83 Å². The van der Waals surface area contributed by atoms with Gasteiger partial charge in [-0.05, 0) is 49.8 Å². The van der Waals surface area contributed by atoms with Crippen molar-refractivity contribution in [3.05, 3.63) is 48.5 Å². The molecule has 0 aliphatic heterocycles. The van der Waals surface area contributed by atoms with Crippen LogP contribution in [-0.4, -0.2) is 21.4 Å². The zero-order valence-electron chi connectivity index (χ0n) is 15.6. The molecule has 3 aromatic rings. The van der Waals surface area contributed by atoms with Gasteiger partial charge in [0.05, 0.1) is 21.5 Å². The molecule has 0 saturated heterocycles. The number of thiophene rings is 2. The standard InChI is InChI=1S/C19H20N4O3S2/c1-10-14-18(20-9-23(2)19(14)26)28-15(10)17(25)22-21-16(24)13-8-11-6-4-3-5-7-12(11)27-13/h8-9H,3-7H2,1-2H3,(H,21,24)(H,22,25). The van der Waals surface area contributed by atoms with E-state index >= 15 is 0 Å².